The molecule has 0 amide bonds. The van der Waals surface area contributed by atoms with Gasteiger partial charge in [0.1, 0.15) is 5.82 Å². The standard InChI is InChI=1S/C13H14ClN3O/c14-10-3-1-9(2-4-10)13-16-11(8-18)12-7-15-5-6-17(12)13/h1-4,15,18H,5-8H2. The van der Waals surface area contributed by atoms with Crippen LogP contribution < -0.4 is 5.32 Å². The molecular formula is C13H14ClN3O. The molecule has 0 bridgehead atoms. The molecule has 18 heavy (non-hydrogen) atoms. The molecule has 1 aromatic carbocycles. The van der Waals surface area contributed by atoms with Gasteiger partial charge in [-0.05, 0) is 24.3 Å². The Morgan fingerprint density at radius 3 is 2.83 bits per heavy atom. The summed E-state index contributed by atoms with van der Waals surface area (Å²) in [4.78, 5) is 4.54. The zero-order chi connectivity index (χ0) is 12.5. The summed E-state index contributed by atoms with van der Waals surface area (Å²) in [5, 5.41) is 13.4. The summed E-state index contributed by atoms with van der Waals surface area (Å²) >= 11 is 5.90. The molecule has 1 aromatic heterocycles. The van der Waals surface area contributed by atoms with Crippen molar-refractivity contribution in [1.82, 2.24) is 14.9 Å². The summed E-state index contributed by atoms with van der Waals surface area (Å²) in [5.41, 5.74) is 2.86. The Morgan fingerprint density at radius 2 is 2.11 bits per heavy atom. The predicted molar refractivity (Wildman–Crippen MR) is 70.3 cm³/mol. The zero-order valence-corrected chi connectivity index (χ0v) is 10.6. The first-order chi connectivity index (χ1) is 8.79. The van der Waals surface area contributed by atoms with Crippen LogP contribution in [-0.4, -0.2) is 21.2 Å². The second-order valence-corrected chi connectivity index (χ2v) is 4.76. The van der Waals surface area contributed by atoms with E-state index in [2.05, 4.69) is 14.9 Å². The number of nitrogens with one attached hydrogen (secondary N) is 1. The summed E-state index contributed by atoms with van der Waals surface area (Å²) in [6.07, 6.45) is 0. The highest BCUT2D eigenvalue weighted by Gasteiger charge is 2.19. The highest BCUT2D eigenvalue weighted by atomic mass is 35.5. The van der Waals surface area contributed by atoms with Crippen molar-refractivity contribution < 1.29 is 5.11 Å². The molecule has 0 saturated carbocycles. The first kappa shape index (κ1) is 11.7. The maximum atomic E-state index is 9.37. The first-order valence-corrected chi connectivity index (χ1v) is 6.33. The first-order valence-electron chi connectivity index (χ1n) is 5.95. The third-order valence-corrected chi connectivity index (χ3v) is 3.46. The number of hydrogen-bond donors (Lipinski definition) is 2. The molecule has 0 radical (unpaired) electrons. The van der Waals surface area contributed by atoms with Crippen LogP contribution in [0.4, 0.5) is 0 Å². The Morgan fingerprint density at radius 1 is 1.33 bits per heavy atom. The quantitative estimate of drug-likeness (QED) is 0.869. The van der Waals surface area contributed by atoms with Crippen LogP contribution in [0.3, 0.4) is 0 Å². The number of rotatable bonds is 2. The van der Waals surface area contributed by atoms with Gasteiger partial charge in [0.05, 0.1) is 18.0 Å². The molecule has 2 aromatic rings. The molecule has 0 fully saturated rings. The zero-order valence-electron chi connectivity index (χ0n) is 9.86. The lowest BCUT2D eigenvalue weighted by molar-refractivity contribution is 0.275. The largest absolute Gasteiger partial charge is 0.390 e. The number of aliphatic hydroxyl groups is 1. The molecule has 5 heteroatoms. The number of imidazole rings is 1. The van der Waals surface area contributed by atoms with E-state index in [1.165, 1.54) is 0 Å². The molecule has 4 nitrogen and oxygen atoms in total. The Kier molecular flexibility index (Phi) is 3.07. The van der Waals surface area contributed by atoms with Gasteiger partial charge in [-0.3, -0.25) is 0 Å². The van der Waals surface area contributed by atoms with Crippen LogP contribution in [0.5, 0.6) is 0 Å². The van der Waals surface area contributed by atoms with E-state index in [0.29, 0.717) is 5.02 Å². The highest BCUT2D eigenvalue weighted by Crippen LogP contribution is 2.25. The second kappa shape index (κ2) is 4.72. The minimum Gasteiger partial charge on any atom is -0.390 e. The van der Waals surface area contributed by atoms with E-state index in [0.717, 1.165) is 42.4 Å². The van der Waals surface area contributed by atoms with Crippen LogP contribution in [0.2, 0.25) is 5.02 Å². The number of benzene rings is 1. The monoisotopic (exact) mass is 263 g/mol. The number of fused-ring (bicyclic) bond motifs is 1. The van der Waals surface area contributed by atoms with Crippen molar-refractivity contribution >= 4 is 11.6 Å². The summed E-state index contributed by atoms with van der Waals surface area (Å²) in [7, 11) is 0. The summed E-state index contributed by atoms with van der Waals surface area (Å²) in [6, 6.07) is 7.64. The lowest BCUT2D eigenvalue weighted by atomic mass is 10.2. The van der Waals surface area contributed by atoms with Crippen LogP contribution in [0, 0.1) is 0 Å². The molecule has 1 aliphatic rings. The SMILES string of the molecule is OCc1nc(-c2ccc(Cl)cc2)n2c1CNCC2. The van der Waals surface area contributed by atoms with Crippen LogP contribution in [-0.2, 0) is 19.7 Å². The van der Waals surface area contributed by atoms with E-state index in [-0.39, 0.29) is 6.61 Å². The van der Waals surface area contributed by atoms with Gasteiger partial charge < -0.3 is 15.0 Å². The number of halogens is 1. The fourth-order valence-corrected chi connectivity index (χ4v) is 2.44. The van der Waals surface area contributed by atoms with E-state index in [1.54, 1.807) is 0 Å². The van der Waals surface area contributed by atoms with Crippen LogP contribution in [0.25, 0.3) is 11.4 Å². The van der Waals surface area contributed by atoms with E-state index in [9.17, 15) is 5.11 Å². The molecule has 0 aliphatic carbocycles. The van der Waals surface area contributed by atoms with Gasteiger partial charge in [0.15, 0.2) is 0 Å². The van der Waals surface area contributed by atoms with Crippen LogP contribution >= 0.6 is 11.6 Å². The lowest BCUT2D eigenvalue weighted by Gasteiger charge is -2.18. The van der Waals surface area contributed by atoms with Gasteiger partial charge in [-0.2, -0.15) is 0 Å². The van der Waals surface area contributed by atoms with Gasteiger partial charge in [0.25, 0.3) is 0 Å². The number of aliphatic hydroxyl groups excluding tert-OH is 1. The third-order valence-electron chi connectivity index (χ3n) is 3.21. The van der Waals surface area contributed by atoms with Crippen molar-refractivity contribution in [2.45, 2.75) is 19.7 Å². The van der Waals surface area contributed by atoms with Crippen LogP contribution in [0.1, 0.15) is 11.4 Å². The molecular weight excluding hydrogens is 250 g/mol. The number of nitrogens with zero attached hydrogens (tertiary/aromatic N) is 2. The summed E-state index contributed by atoms with van der Waals surface area (Å²) in [6.45, 7) is 2.54. The van der Waals surface area contributed by atoms with E-state index in [1.807, 2.05) is 24.3 Å². The van der Waals surface area contributed by atoms with Crippen molar-refractivity contribution in [3.63, 3.8) is 0 Å². The van der Waals surface area contributed by atoms with Gasteiger partial charge in [0, 0.05) is 30.2 Å². The van der Waals surface area contributed by atoms with Gasteiger partial charge in [-0.25, -0.2) is 4.98 Å². The molecule has 0 spiro atoms. The van der Waals surface area contributed by atoms with E-state index >= 15 is 0 Å². The normalized spacial score (nSPS) is 14.6. The van der Waals surface area contributed by atoms with E-state index in [4.69, 9.17) is 11.6 Å². The number of hydrogen-bond acceptors (Lipinski definition) is 3. The second-order valence-electron chi connectivity index (χ2n) is 4.32. The van der Waals surface area contributed by atoms with Crippen molar-refractivity contribution in [3.05, 3.63) is 40.7 Å². The minimum absolute atomic E-state index is 0.0232. The molecule has 94 valence electrons. The maximum absolute atomic E-state index is 9.37. The minimum atomic E-state index is -0.0232. The smallest absolute Gasteiger partial charge is 0.140 e. The molecule has 2 N–H and O–H groups in total. The Bertz CT molecular complexity index is 562. The Labute approximate surface area is 110 Å². The molecule has 0 unspecified atom stereocenters. The molecule has 3 rings (SSSR count). The van der Waals surface area contributed by atoms with Gasteiger partial charge in [-0.1, -0.05) is 11.6 Å². The average Bonchev–Trinajstić information content (AvgIpc) is 2.79. The fourth-order valence-electron chi connectivity index (χ4n) is 2.32. The molecule has 0 saturated heterocycles. The molecule has 0 atom stereocenters. The van der Waals surface area contributed by atoms with Crippen molar-refractivity contribution in [1.29, 1.82) is 0 Å². The Balaban J connectivity index is 2.11. The fraction of sp³-hybridized carbons (Fsp3) is 0.308. The van der Waals surface area contributed by atoms with Crippen molar-refractivity contribution in [2.75, 3.05) is 6.54 Å². The molecule has 1 aliphatic heterocycles. The Hall–Kier alpha value is -1.36. The van der Waals surface area contributed by atoms with Gasteiger partial charge in [0.2, 0.25) is 0 Å². The highest BCUT2D eigenvalue weighted by molar-refractivity contribution is 6.30. The average molecular weight is 264 g/mol. The lowest BCUT2D eigenvalue weighted by Crippen LogP contribution is -2.28. The topological polar surface area (TPSA) is 50.1 Å². The van der Waals surface area contributed by atoms with Crippen molar-refractivity contribution in [3.8, 4) is 11.4 Å². The van der Waals surface area contributed by atoms with Gasteiger partial charge in [-0.15, -0.1) is 0 Å². The summed E-state index contributed by atoms with van der Waals surface area (Å²) < 4.78 is 2.17. The van der Waals surface area contributed by atoms with Gasteiger partial charge >= 0.3 is 0 Å². The van der Waals surface area contributed by atoms with Crippen molar-refractivity contribution in [2.24, 2.45) is 0 Å². The maximum Gasteiger partial charge on any atom is 0.140 e. The summed E-state index contributed by atoms with van der Waals surface area (Å²) in [5.74, 6) is 0.909. The van der Waals surface area contributed by atoms with E-state index < -0.39 is 0 Å². The van der Waals surface area contributed by atoms with Crippen LogP contribution in [0.15, 0.2) is 24.3 Å². The molecule has 2 heterocycles. The predicted octanol–water partition coefficient (Wildman–Crippen LogP) is 1.80. The third kappa shape index (κ3) is 1.92. The number of aromatic nitrogens is 2.